The first-order valence-corrected chi connectivity index (χ1v) is 15.3. The Labute approximate surface area is 257 Å². The van der Waals surface area contributed by atoms with Crippen LogP contribution < -0.4 is 15.4 Å². The minimum absolute atomic E-state index is 0. The Bertz CT molecular complexity index is 1600. The van der Waals surface area contributed by atoms with E-state index in [2.05, 4.69) is 20.6 Å². The number of carbonyl (C=O) groups is 1. The highest BCUT2D eigenvalue weighted by Crippen LogP contribution is 2.43. The van der Waals surface area contributed by atoms with Crippen LogP contribution in [-0.2, 0) is 23.4 Å². The van der Waals surface area contributed by atoms with Crippen LogP contribution in [0.4, 0.5) is 36.3 Å². The predicted octanol–water partition coefficient (Wildman–Crippen LogP) is 5.69. The van der Waals surface area contributed by atoms with E-state index >= 15 is 0 Å². The number of aliphatic hydroxyl groups excluding tert-OH is 1. The van der Waals surface area contributed by atoms with E-state index in [0.29, 0.717) is 31.1 Å². The van der Waals surface area contributed by atoms with Gasteiger partial charge in [-0.1, -0.05) is 12.1 Å². The number of aliphatic hydroxyl groups is 1. The normalized spacial score (nSPS) is 18.5. The fraction of sp³-hybridized carbons (Fsp3) is 0.393. The SMILES string of the molecule is COc1cc(CP(=O)(O)O)ccc1Nc1ncc(C(F)(F)F)c(Nc2ccc(C3CCC(O)CC3)c3c2C(=O)N(C)C3)n1.Cl. The van der Waals surface area contributed by atoms with E-state index in [-0.39, 0.29) is 59.0 Å². The predicted molar refractivity (Wildman–Crippen MR) is 159 cm³/mol. The molecular weight excluding hydrogens is 626 g/mol. The lowest BCUT2D eigenvalue weighted by Crippen LogP contribution is -2.18. The number of anilines is 4. The smallest absolute Gasteiger partial charge is 0.421 e. The molecule has 0 radical (unpaired) electrons. The van der Waals surface area contributed by atoms with E-state index < -0.39 is 31.3 Å². The number of alkyl halides is 3. The molecule has 1 amide bonds. The van der Waals surface area contributed by atoms with E-state index in [9.17, 15) is 37.4 Å². The molecule has 5 rings (SSSR count). The molecule has 2 aliphatic rings. The first-order chi connectivity index (χ1) is 20.2. The molecule has 5 N–H and O–H groups in total. The van der Waals surface area contributed by atoms with Gasteiger partial charge in [0.05, 0.1) is 36.3 Å². The Balaban J connectivity index is 0.00000442. The quantitative estimate of drug-likeness (QED) is 0.191. The monoisotopic (exact) mass is 657 g/mol. The molecule has 44 heavy (non-hydrogen) atoms. The lowest BCUT2D eigenvalue weighted by atomic mass is 9.80. The molecule has 2 heterocycles. The number of amides is 1. The number of carbonyl (C=O) groups excluding carboxylic acids is 1. The molecule has 1 fully saturated rings. The number of ether oxygens (including phenoxy) is 1. The average molecular weight is 658 g/mol. The molecule has 0 atom stereocenters. The van der Waals surface area contributed by atoms with Gasteiger partial charge in [0.15, 0.2) is 0 Å². The van der Waals surface area contributed by atoms with Crippen molar-refractivity contribution in [3.05, 3.63) is 64.3 Å². The van der Waals surface area contributed by atoms with Gasteiger partial charge in [0.25, 0.3) is 5.91 Å². The standard InChI is InChI=1S/C28H31F3N5O6P.ClH/c1-36-13-19-18(16-4-6-17(37)7-5-16)8-10-22(24(19)26(36)38)33-25-20(28(29,30)31)12-32-27(35-25)34-21-9-3-15(11-23(21)42-2)14-43(39,40)41;/h3,8-12,16-17,37H,4-7,13-14H2,1-2H3,(H2,39,40,41)(H2,32,33,34,35);1H. The average Bonchev–Trinajstić information content (AvgIpc) is 3.23. The van der Waals surface area contributed by atoms with E-state index in [4.69, 9.17) is 4.74 Å². The van der Waals surface area contributed by atoms with Crippen LogP contribution in [0.2, 0.25) is 0 Å². The van der Waals surface area contributed by atoms with Crippen LogP contribution in [0.3, 0.4) is 0 Å². The number of nitrogens with zero attached hydrogens (tertiary/aromatic N) is 3. The van der Waals surface area contributed by atoms with Gasteiger partial charge in [0, 0.05) is 19.8 Å². The van der Waals surface area contributed by atoms with Gasteiger partial charge in [0.2, 0.25) is 5.95 Å². The molecule has 11 nitrogen and oxygen atoms in total. The number of benzene rings is 2. The zero-order valence-electron chi connectivity index (χ0n) is 23.8. The van der Waals surface area contributed by atoms with Crippen LogP contribution in [-0.4, -0.2) is 55.9 Å². The highest BCUT2D eigenvalue weighted by molar-refractivity contribution is 7.50. The lowest BCUT2D eigenvalue weighted by Gasteiger charge is -2.27. The van der Waals surface area contributed by atoms with E-state index in [0.717, 1.165) is 24.0 Å². The van der Waals surface area contributed by atoms with Gasteiger partial charge >= 0.3 is 13.8 Å². The van der Waals surface area contributed by atoms with Crippen molar-refractivity contribution in [1.82, 2.24) is 14.9 Å². The van der Waals surface area contributed by atoms with Crippen LogP contribution >= 0.6 is 20.0 Å². The Morgan fingerprint density at radius 1 is 1.09 bits per heavy atom. The van der Waals surface area contributed by atoms with E-state index in [1.165, 1.54) is 30.2 Å². The van der Waals surface area contributed by atoms with Crippen molar-refractivity contribution < 1.29 is 42.2 Å². The minimum Gasteiger partial charge on any atom is -0.495 e. The Morgan fingerprint density at radius 3 is 2.41 bits per heavy atom. The summed E-state index contributed by atoms with van der Waals surface area (Å²) in [6.07, 6.45) is -2.26. The van der Waals surface area contributed by atoms with Crippen LogP contribution in [0.5, 0.6) is 5.75 Å². The van der Waals surface area contributed by atoms with E-state index in [1.54, 1.807) is 13.1 Å². The number of methoxy groups -OCH3 is 1. The second-order valence-electron chi connectivity index (χ2n) is 10.8. The van der Waals surface area contributed by atoms with E-state index in [1.807, 2.05) is 6.07 Å². The summed E-state index contributed by atoms with van der Waals surface area (Å²) in [5, 5.41) is 15.5. The van der Waals surface area contributed by atoms with Gasteiger partial charge in [-0.3, -0.25) is 9.36 Å². The van der Waals surface area contributed by atoms with Crippen molar-refractivity contribution in [2.24, 2.45) is 0 Å². The fourth-order valence-electron chi connectivity index (χ4n) is 5.62. The van der Waals surface area contributed by atoms with Gasteiger partial charge in [-0.15, -0.1) is 12.4 Å². The molecule has 238 valence electrons. The third kappa shape index (κ3) is 7.27. The number of fused-ring (bicyclic) bond motifs is 1. The number of hydrogen-bond donors (Lipinski definition) is 5. The Hall–Kier alpha value is -3.42. The molecule has 0 spiro atoms. The number of aromatic nitrogens is 2. The summed E-state index contributed by atoms with van der Waals surface area (Å²) in [6.45, 7) is 0.318. The molecule has 1 saturated carbocycles. The third-order valence-corrected chi connectivity index (χ3v) is 8.47. The van der Waals surface area contributed by atoms with Gasteiger partial charge in [-0.25, -0.2) is 4.98 Å². The summed E-state index contributed by atoms with van der Waals surface area (Å²) in [5.74, 6) is -0.805. The summed E-state index contributed by atoms with van der Waals surface area (Å²) in [5.41, 5.74) is 1.58. The maximum absolute atomic E-state index is 14.0. The molecule has 1 aliphatic heterocycles. The highest BCUT2D eigenvalue weighted by Gasteiger charge is 2.37. The minimum atomic E-state index is -4.81. The van der Waals surface area contributed by atoms with Crippen molar-refractivity contribution in [1.29, 1.82) is 0 Å². The molecule has 1 aromatic heterocycles. The first-order valence-electron chi connectivity index (χ1n) is 13.5. The summed E-state index contributed by atoms with van der Waals surface area (Å²) in [4.78, 5) is 41.1. The molecular formula is C28H32ClF3N5O6P. The van der Waals surface area contributed by atoms with Crippen molar-refractivity contribution in [2.45, 2.75) is 56.6 Å². The van der Waals surface area contributed by atoms with Gasteiger partial charge in [0.1, 0.15) is 17.1 Å². The van der Waals surface area contributed by atoms with Crippen molar-refractivity contribution in [3.8, 4) is 5.75 Å². The summed E-state index contributed by atoms with van der Waals surface area (Å²) >= 11 is 0. The number of hydrogen-bond acceptors (Lipinski definition) is 8. The van der Waals surface area contributed by atoms with Crippen LogP contribution in [0.15, 0.2) is 36.5 Å². The molecule has 0 unspecified atom stereocenters. The number of rotatable bonds is 8. The summed E-state index contributed by atoms with van der Waals surface area (Å²) in [6, 6.07) is 7.70. The lowest BCUT2D eigenvalue weighted by molar-refractivity contribution is -0.137. The maximum Gasteiger partial charge on any atom is 0.421 e. The Kier molecular flexibility index (Phi) is 9.81. The zero-order valence-corrected chi connectivity index (χ0v) is 25.5. The zero-order chi connectivity index (χ0) is 31.1. The first kappa shape index (κ1) is 33.5. The van der Waals surface area contributed by atoms with Gasteiger partial charge in [-0.2, -0.15) is 18.2 Å². The highest BCUT2D eigenvalue weighted by atomic mass is 35.5. The second kappa shape index (κ2) is 12.9. The van der Waals surface area contributed by atoms with Crippen LogP contribution in [0, 0.1) is 0 Å². The number of nitrogens with one attached hydrogen (secondary N) is 2. The molecule has 2 aromatic carbocycles. The van der Waals surface area contributed by atoms with Crippen molar-refractivity contribution in [2.75, 3.05) is 24.8 Å². The summed E-state index contributed by atoms with van der Waals surface area (Å²) < 4.78 is 58.8. The molecule has 16 heteroatoms. The number of halogens is 4. The Morgan fingerprint density at radius 2 is 1.77 bits per heavy atom. The largest absolute Gasteiger partial charge is 0.495 e. The molecule has 1 aliphatic carbocycles. The van der Waals surface area contributed by atoms with Crippen LogP contribution in [0.25, 0.3) is 0 Å². The summed E-state index contributed by atoms with van der Waals surface area (Å²) in [7, 11) is -1.38. The van der Waals surface area contributed by atoms with Crippen molar-refractivity contribution >= 4 is 49.1 Å². The maximum atomic E-state index is 14.0. The third-order valence-electron chi connectivity index (χ3n) is 7.69. The van der Waals surface area contributed by atoms with Gasteiger partial charge < -0.3 is 35.2 Å². The second-order valence-corrected chi connectivity index (χ2v) is 12.4. The molecule has 3 aromatic rings. The van der Waals surface area contributed by atoms with Crippen molar-refractivity contribution in [3.63, 3.8) is 0 Å². The fourth-order valence-corrected chi connectivity index (χ4v) is 6.29. The molecule has 0 saturated heterocycles. The van der Waals surface area contributed by atoms with Gasteiger partial charge in [-0.05, 0) is 66.5 Å². The molecule has 0 bridgehead atoms. The van der Waals surface area contributed by atoms with Crippen LogP contribution in [0.1, 0.15) is 64.2 Å². The topological polar surface area (TPSA) is 157 Å².